The van der Waals surface area contributed by atoms with E-state index in [0.29, 0.717) is 27.6 Å². The van der Waals surface area contributed by atoms with Crippen LogP contribution in [0.4, 0.5) is 27.5 Å². The van der Waals surface area contributed by atoms with Gasteiger partial charge in [0.1, 0.15) is 23.0 Å². The Morgan fingerprint density at radius 1 is 0.400 bits per heavy atom. The fourth-order valence-electron chi connectivity index (χ4n) is 5.06. The number of aliphatic hydroxyl groups is 8. The van der Waals surface area contributed by atoms with Gasteiger partial charge >= 0.3 is 17.8 Å². The molecule has 4 amide bonds. The van der Waals surface area contributed by atoms with Crippen LogP contribution in [-0.4, -0.2) is 98.3 Å². The number of carbonyl (C=O) groups is 3. The molecule has 0 unspecified atom stereocenters. The summed E-state index contributed by atoms with van der Waals surface area (Å²) in [5, 5.41) is 127. The number of carbonyl (C=O) groups excluding carboxylic acids is 3. The Bertz CT molecular complexity index is 1890. The molecule has 0 spiro atoms. The highest BCUT2D eigenvalue weighted by Gasteiger charge is 2.18. The van der Waals surface area contributed by atoms with Crippen LogP contribution in [0.1, 0.15) is 44.5 Å². The molecule has 0 heterocycles. The van der Waals surface area contributed by atoms with Crippen LogP contribution in [-0.2, 0) is 62.4 Å². The Balaban J connectivity index is 0.000000332. The molecule has 0 radical (unpaired) electrons. The highest BCUT2D eigenvalue weighted by molar-refractivity contribution is 7.80. The minimum atomic E-state index is -1.08. The molecule has 0 saturated carbocycles. The minimum absolute atomic E-state index is 0.0565. The molecular formula is C38H48N6O15S. The van der Waals surface area contributed by atoms with Gasteiger partial charge in [-0.3, -0.25) is 9.59 Å². The molecule has 0 fully saturated rings. The Morgan fingerprint density at radius 2 is 0.617 bits per heavy atom. The number of hydrogen-bond acceptors (Lipinski definition) is 16. The van der Waals surface area contributed by atoms with Crippen LogP contribution in [0.25, 0.3) is 0 Å². The van der Waals surface area contributed by atoms with Crippen molar-refractivity contribution in [3.8, 4) is 23.0 Å². The third-order valence-corrected chi connectivity index (χ3v) is 8.43. The molecule has 0 saturated heterocycles. The zero-order valence-electron chi connectivity index (χ0n) is 32.3. The van der Waals surface area contributed by atoms with Crippen molar-refractivity contribution in [2.45, 2.75) is 52.9 Å². The van der Waals surface area contributed by atoms with E-state index in [1.54, 1.807) is 19.2 Å². The second-order valence-corrected chi connectivity index (χ2v) is 12.6. The first-order valence-electron chi connectivity index (χ1n) is 17.4. The molecule has 60 heavy (non-hydrogen) atoms. The molecule has 326 valence electrons. The first kappa shape index (κ1) is 49.8. The number of rotatable bonds is 12. The second kappa shape index (κ2) is 24.6. The van der Waals surface area contributed by atoms with Gasteiger partial charge in [0.05, 0.1) is 52.9 Å². The van der Waals surface area contributed by atoms with Crippen LogP contribution in [0, 0.1) is 0 Å². The number of benzene rings is 4. The smallest absolute Gasteiger partial charge is 0.318 e. The number of phenols is 4. The van der Waals surface area contributed by atoms with Gasteiger partial charge < -0.3 is 93.2 Å². The molecule has 0 atom stereocenters. The molecule has 4 aromatic rings. The van der Waals surface area contributed by atoms with Crippen molar-refractivity contribution < 1.29 is 75.7 Å². The third kappa shape index (κ3) is 13.9. The Hall–Kier alpha value is -6.34. The molecule has 0 aliphatic carbocycles. The zero-order chi connectivity index (χ0) is 45.1. The van der Waals surface area contributed by atoms with Gasteiger partial charge in [-0.1, -0.05) is 0 Å². The van der Waals surface area contributed by atoms with E-state index in [-0.39, 0.29) is 94.2 Å². The van der Waals surface area contributed by atoms with Crippen molar-refractivity contribution in [1.82, 2.24) is 10.6 Å². The maximum Gasteiger partial charge on any atom is 0.318 e. The molecule has 0 aromatic heterocycles. The number of anilines is 4. The number of thiocarbonyl (C=S) groups is 1. The van der Waals surface area contributed by atoms with Crippen LogP contribution in [0.15, 0.2) is 48.5 Å². The van der Waals surface area contributed by atoms with E-state index in [2.05, 4.69) is 31.9 Å². The van der Waals surface area contributed by atoms with Crippen LogP contribution in [0.2, 0.25) is 0 Å². The lowest BCUT2D eigenvalue weighted by molar-refractivity contribution is -0.133. The molecule has 0 aliphatic rings. The highest BCUT2D eigenvalue weighted by atomic mass is 32.1. The van der Waals surface area contributed by atoms with Gasteiger partial charge in [-0.05, 0) is 60.7 Å². The van der Waals surface area contributed by atoms with Gasteiger partial charge in [0.15, 0.2) is 5.11 Å². The second-order valence-electron chi connectivity index (χ2n) is 12.2. The topological polar surface area (TPSA) is 366 Å². The van der Waals surface area contributed by atoms with Gasteiger partial charge in [-0.15, -0.1) is 0 Å². The summed E-state index contributed by atoms with van der Waals surface area (Å²) < 4.78 is 0. The molecule has 4 rings (SSSR count). The molecule has 4 aromatic carbocycles. The normalized spacial score (nSPS) is 10.2. The summed E-state index contributed by atoms with van der Waals surface area (Å²) in [5.74, 6) is -3.04. The predicted molar refractivity (Wildman–Crippen MR) is 220 cm³/mol. The zero-order valence-corrected chi connectivity index (χ0v) is 33.1. The van der Waals surface area contributed by atoms with E-state index >= 15 is 0 Å². The van der Waals surface area contributed by atoms with Crippen molar-refractivity contribution >= 4 is 57.9 Å². The van der Waals surface area contributed by atoms with Crippen molar-refractivity contribution in [2.24, 2.45) is 0 Å². The van der Waals surface area contributed by atoms with Gasteiger partial charge in [0, 0.05) is 81.4 Å². The van der Waals surface area contributed by atoms with Crippen LogP contribution in [0.3, 0.4) is 0 Å². The highest BCUT2D eigenvalue weighted by Crippen LogP contribution is 2.30. The van der Waals surface area contributed by atoms with E-state index < -0.39 is 44.3 Å². The van der Waals surface area contributed by atoms with Crippen molar-refractivity contribution in [3.63, 3.8) is 0 Å². The Kier molecular flexibility index (Phi) is 20.4. The fourth-order valence-corrected chi connectivity index (χ4v) is 5.17. The van der Waals surface area contributed by atoms with E-state index in [4.69, 9.17) is 32.6 Å². The Morgan fingerprint density at radius 3 is 0.817 bits per heavy atom. The average Bonchev–Trinajstić information content (AvgIpc) is 3.25. The molecule has 22 heteroatoms. The van der Waals surface area contributed by atoms with Crippen LogP contribution in [0.5, 0.6) is 23.0 Å². The molecule has 0 bridgehead atoms. The number of nitrogens with one attached hydrogen (secondary N) is 6. The van der Waals surface area contributed by atoms with Gasteiger partial charge in [-0.25, -0.2) is 4.79 Å². The third-order valence-electron chi connectivity index (χ3n) is 8.13. The summed E-state index contributed by atoms with van der Waals surface area (Å²) in [6.07, 6.45) is 0. The van der Waals surface area contributed by atoms with E-state index in [1.165, 1.54) is 43.4 Å². The standard InChI is InChI=1S/C18H20N2O8.C10H14N2O4.C10H14N2O3S/c21-5-9-1-13(2-10(6-22)15(9)25)19-17(27)18(28)20-14-3-11(7-23)16(26)12(4-14)8-24;2*1-11-10(16)12-8-2-6(4-13)9(15)7(3-8)5-14/h1-4,21-26H,5-8H2,(H,19,27)(H,20,28);2*2-3,13-15H,4-5H2,1H3,(H2,11,12,16). The van der Waals surface area contributed by atoms with Crippen molar-refractivity contribution in [1.29, 1.82) is 0 Å². The molecular weight excluding hydrogens is 813 g/mol. The summed E-state index contributed by atoms with van der Waals surface area (Å²) in [6.45, 7) is -3.54. The lowest BCUT2D eigenvalue weighted by Gasteiger charge is -2.13. The largest absolute Gasteiger partial charge is 0.507 e. The summed E-state index contributed by atoms with van der Waals surface area (Å²) >= 11 is 4.92. The number of aliphatic hydroxyl groups excluding tert-OH is 8. The maximum atomic E-state index is 12.1. The first-order valence-corrected chi connectivity index (χ1v) is 17.8. The number of hydrogen-bond donors (Lipinski definition) is 18. The average molecular weight is 861 g/mol. The van der Waals surface area contributed by atoms with Gasteiger partial charge in [-0.2, -0.15) is 0 Å². The summed E-state index contributed by atoms with van der Waals surface area (Å²) in [7, 11) is 3.14. The van der Waals surface area contributed by atoms with E-state index in [0.717, 1.165) is 0 Å². The fraction of sp³-hybridized carbons (Fsp3) is 0.263. The lowest BCUT2D eigenvalue weighted by atomic mass is 10.1. The summed E-state index contributed by atoms with van der Waals surface area (Å²) in [5.41, 5.74) is 2.55. The van der Waals surface area contributed by atoms with Crippen LogP contribution >= 0.6 is 12.2 Å². The number of aromatic hydroxyl groups is 4. The molecule has 18 N–H and O–H groups in total. The SMILES string of the molecule is CNC(=O)Nc1cc(CO)c(O)c(CO)c1.CNC(=S)Nc1cc(CO)c(O)c(CO)c1.O=C(Nc1cc(CO)c(O)c(CO)c1)C(=O)Nc1cc(CO)c(O)c(CO)c1. The van der Waals surface area contributed by atoms with E-state index in [1.807, 2.05) is 0 Å². The first-order chi connectivity index (χ1) is 28.6. The van der Waals surface area contributed by atoms with Crippen molar-refractivity contribution in [3.05, 3.63) is 93.0 Å². The van der Waals surface area contributed by atoms with Gasteiger partial charge in [0.2, 0.25) is 0 Å². The number of amides is 4. The van der Waals surface area contributed by atoms with Gasteiger partial charge in [0.25, 0.3) is 0 Å². The van der Waals surface area contributed by atoms with E-state index in [9.17, 15) is 55.2 Å². The Labute approximate surface area is 347 Å². The maximum absolute atomic E-state index is 12.1. The minimum Gasteiger partial charge on any atom is -0.507 e. The van der Waals surface area contributed by atoms with Crippen molar-refractivity contribution in [2.75, 3.05) is 35.4 Å². The quantitative estimate of drug-likeness (QED) is 0.0509. The number of urea groups is 1. The monoisotopic (exact) mass is 860 g/mol. The summed E-state index contributed by atoms with van der Waals surface area (Å²) in [6, 6.07) is 10.6. The summed E-state index contributed by atoms with van der Waals surface area (Å²) in [4.78, 5) is 35.3. The molecule has 0 aliphatic heterocycles. The predicted octanol–water partition coefficient (Wildman–Crippen LogP) is 0.0653. The molecule has 21 nitrogen and oxygen atoms in total. The lowest BCUT2D eigenvalue weighted by Crippen LogP contribution is -2.29. The van der Waals surface area contributed by atoms with Crippen LogP contribution < -0.4 is 31.9 Å².